The van der Waals surface area contributed by atoms with Gasteiger partial charge in [-0.1, -0.05) is 6.07 Å². The fourth-order valence-electron chi connectivity index (χ4n) is 3.55. The number of carbonyl (C=O) groups excluding carboxylic acids is 1. The normalized spacial score (nSPS) is 14.2. The van der Waals surface area contributed by atoms with Crippen LogP contribution in [0.4, 0.5) is 5.69 Å². The fourth-order valence-corrected chi connectivity index (χ4v) is 4.62. The molecular formula is C24H22N2O7S. The molecule has 176 valence electrons. The Morgan fingerprint density at radius 2 is 1.47 bits per heavy atom. The van der Waals surface area contributed by atoms with Gasteiger partial charge in [0, 0.05) is 30.3 Å². The highest BCUT2D eigenvalue weighted by Gasteiger charge is 2.19. The highest BCUT2D eigenvalue weighted by Crippen LogP contribution is 2.33. The number of sulfonamides is 1. The maximum Gasteiger partial charge on any atom is 0.262 e. The fraction of sp³-hybridized carbons (Fsp3) is 0.208. The van der Waals surface area contributed by atoms with Crippen LogP contribution in [0.5, 0.6) is 23.0 Å². The first-order valence-corrected chi connectivity index (χ1v) is 12.2. The average molecular weight is 483 g/mol. The molecule has 3 aromatic rings. The van der Waals surface area contributed by atoms with Gasteiger partial charge in [-0.25, -0.2) is 8.42 Å². The lowest BCUT2D eigenvalue weighted by molar-refractivity contribution is 0.0951. The predicted molar refractivity (Wildman–Crippen MR) is 123 cm³/mol. The molecule has 0 saturated carbocycles. The zero-order valence-electron chi connectivity index (χ0n) is 18.1. The van der Waals surface area contributed by atoms with Gasteiger partial charge >= 0.3 is 0 Å². The second-order valence-corrected chi connectivity index (χ2v) is 9.39. The summed E-state index contributed by atoms with van der Waals surface area (Å²) in [7, 11) is -3.85. The first-order chi connectivity index (χ1) is 16.5. The summed E-state index contributed by atoms with van der Waals surface area (Å²) in [6.07, 6.45) is 0.728. The molecule has 2 aliphatic rings. The third kappa shape index (κ3) is 4.72. The molecule has 0 saturated heterocycles. The molecule has 0 aliphatic carbocycles. The summed E-state index contributed by atoms with van der Waals surface area (Å²) in [5, 5.41) is 2.83. The molecule has 0 aromatic heterocycles. The number of ether oxygens (including phenoxy) is 4. The number of amides is 1. The second-order valence-electron chi connectivity index (χ2n) is 7.71. The van der Waals surface area contributed by atoms with E-state index in [1.807, 2.05) is 12.1 Å². The Balaban J connectivity index is 1.22. The van der Waals surface area contributed by atoms with E-state index < -0.39 is 10.0 Å². The van der Waals surface area contributed by atoms with Gasteiger partial charge < -0.3 is 24.3 Å². The summed E-state index contributed by atoms with van der Waals surface area (Å²) in [5.41, 5.74) is 1.61. The van der Waals surface area contributed by atoms with Crippen molar-refractivity contribution in [3.05, 3.63) is 71.8 Å². The zero-order chi connectivity index (χ0) is 23.5. The summed E-state index contributed by atoms with van der Waals surface area (Å²) in [5.74, 6) is 1.97. The summed E-state index contributed by atoms with van der Waals surface area (Å²) >= 11 is 0. The van der Waals surface area contributed by atoms with Crippen LogP contribution in [0.3, 0.4) is 0 Å². The molecule has 0 bridgehead atoms. The van der Waals surface area contributed by atoms with Crippen LogP contribution in [0, 0.1) is 0 Å². The first kappa shape index (κ1) is 21.9. The largest absolute Gasteiger partial charge is 0.490 e. The van der Waals surface area contributed by atoms with Crippen LogP contribution in [0.25, 0.3) is 0 Å². The van der Waals surface area contributed by atoms with Crippen LogP contribution in [-0.2, 0) is 16.6 Å². The second kappa shape index (κ2) is 9.14. The zero-order valence-corrected chi connectivity index (χ0v) is 18.9. The molecule has 3 aromatic carbocycles. The smallest absolute Gasteiger partial charge is 0.262 e. The average Bonchev–Trinajstić information content (AvgIpc) is 3.18. The van der Waals surface area contributed by atoms with Gasteiger partial charge in [-0.05, 0) is 54.1 Å². The van der Waals surface area contributed by atoms with Crippen molar-refractivity contribution in [2.75, 3.05) is 24.7 Å². The van der Waals surface area contributed by atoms with Crippen LogP contribution in [0.1, 0.15) is 22.3 Å². The highest BCUT2D eigenvalue weighted by molar-refractivity contribution is 7.92. The van der Waals surface area contributed by atoms with E-state index in [0.717, 1.165) is 12.0 Å². The quantitative estimate of drug-likeness (QED) is 0.554. The maximum atomic E-state index is 12.8. The molecule has 0 spiro atoms. The number of carbonyl (C=O) groups is 1. The van der Waals surface area contributed by atoms with E-state index in [4.69, 9.17) is 18.9 Å². The van der Waals surface area contributed by atoms with E-state index in [2.05, 4.69) is 10.0 Å². The van der Waals surface area contributed by atoms with Crippen molar-refractivity contribution in [2.45, 2.75) is 17.9 Å². The van der Waals surface area contributed by atoms with Crippen LogP contribution in [0.2, 0.25) is 0 Å². The molecular weight excluding hydrogens is 460 g/mol. The molecule has 0 unspecified atom stereocenters. The third-order valence-corrected chi connectivity index (χ3v) is 6.70. The number of fused-ring (bicyclic) bond motifs is 2. The Morgan fingerprint density at radius 3 is 2.29 bits per heavy atom. The van der Waals surface area contributed by atoms with E-state index in [0.29, 0.717) is 54.0 Å². The van der Waals surface area contributed by atoms with Gasteiger partial charge in [0.1, 0.15) is 0 Å². The SMILES string of the molecule is O=C(NCc1ccc2c(c1)OCO2)c1ccc(NS(=O)(=O)c2ccc3c(c2)OCCCO3)cc1. The molecule has 2 N–H and O–H groups in total. The molecule has 1 amide bonds. The Morgan fingerprint density at radius 1 is 0.794 bits per heavy atom. The number of anilines is 1. The number of nitrogens with one attached hydrogen (secondary N) is 2. The molecule has 0 fully saturated rings. The Kier molecular flexibility index (Phi) is 5.89. The van der Waals surface area contributed by atoms with Crippen LogP contribution in [0.15, 0.2) is 65.6 Å². The van der Waals surface area contributed by atoms with Gasteiger partial charge in [-0.2, -0.15) is 0 Å². The summed E-state index contributed by atoms with van der Waals surface area (Å²) < 4.78 is 49.9. The first-order valence-electron chi connectivity index (χ1n) is 10.7. The number of hydrogen-bond donors (Lipinski definition) is 2. The van der Waals surface area contributed by atoms with Crippen molar-refractivity contribution in [1.29, 1.82) is 0 Å². The van der Waals surface area contributed by atoms with Crippen molar-refractivity contribution < 1.29 is 32.2 Å². The number of rotatable bonds is 6. The summed E-state index contributed by atoms with van der Waals surface area (Å²) in [4.78, 5) is 12.6. The molecule has 10 heteroatoms. The van der Waals surface area contributed by atoms with E-state index in [-0.39, 0.29) is 17.6 Å². The molecule has 9 nitrogen and oxygen atoms in total. The van der Waals surface area contributed by atoms with Crippen molar-refractivity contribution >= 4 is 21.6 Å². The molecule has 2 heterocycles. The Bertz CT molecular complexity index is 1320. The summed E-state index contributed by atoms with van der Waals surface area (Å²) in [6.45, 7) is 1.49. The lowest BCUT2D eigenvalue weighted by atomic mass is 10.1. The van der Waals surface area contributed by atoms with Crippen molar-refractivity contribution in [2.24, 2.45) is 0 Å². The van der Waals surface area contributed by atoms with E-state index in [9.17, 15) is 13.2 Å². The molecule has 0 radical (unpaired) electrons. The standard InChI is InChI=1S/C24H22N2O7S/c27-24(25-14-16-2-8-21-22(12-16)33-15-32-21)17-3-5-18(6-4-17)26-34(28,29)19-7-9-20-23(13-19)31-11-1-10-30-20/h2-9,12-13,26H,1,10-11,14-15H2,(H,25,27). The lowest BCUT2D eigenvalue weighted by Gasteiger charge is -2.12. The van der Waals surface area contributed by atoms with Crippen LogP contribution in [-0.4, -0.2) is 34.3 Å². The summed E-state index contributed by atoms with van der Waals surface area (Å²) in [6, 6.07) is 16.2. The molecule has 2 aliphatic heterocycles. The number of hydrogen-bond acceptors (Lipinski definition) is 7. The van der Waals surface area contributed by atoms with Gasteiger partial charge in [0.2, 0.25) is 6.79 Å². The maximum absolute atomic E-state index is 12.8. The topological polar surface area (TPSA) is 112 Å². The Hall–Kier alpha value is -3.92. The van der Waals surface area contributed by atoms with Gasteiger partial charge in [0.25, 0.3) is 15.9 Å². The lowest BCUT2D eigenvalue weighted by Crippen LogP contribution is -2.22. The van der Waals surface area contributed by atoms with Crippen molar-refractivity contribution in [3.8, 4) is 23.0 Å². The van der Waals surface area contributed by atoms with Crippen LogP contribution >= 0.6 is 0 Å². The highest BCUT2D eigenvalue weighted by atomic mass is 32.2. The molecule has 5 rings (SSSR count). The van der Waals surface area contributed by atoms with Gasteiger partial charge in [-0.3, -0.25) is 9.52 Å². The van der Waals surface area contributed by atoms with E-state index >= 15 is 0 Å². The minimum absolute atomic E-state index is 0.0577. The monoisotopic (exact) mass is 482 g/mol. The third-order valence-electron chi connectivity index (χ3n) is 5.32. The van der Waals surface area contributed by atoms with Crippen molar-refractivity contribution in [3.63, 3.8) is 0 Å². The van der Waals surface area contributed by atoms with Crippen LogP contribution < -0.4 is 29.0 Å². The van der Waals surface area contributed by atoms with Gasteiger partial charge in [-0.15, -0.1) is 0 Å². The van der Waals surface area contributed by atoms with E-state index in [1.54, 1.807) is 24.3 Å². The predicted octanol–water partition coefficient (Wildman–Crippen LogP) is 3.31. The number of benzene rings is 3. The molecule has 0 atom stereocenters. The minimum Gasteiger partial charge on any atom is -0.490 e. The van der Waals surface area contributed by atoms with Crippen molar-refractivity contribution in [1.82, 2.24) is 5.32 Å². The van der Waals surface area contributed by atoms with E-state index in [1.165, 1.54) is 24.3 Å². The van der Waals surface area contributed by atoms with Gasteiger partial charge in [0.15, 0.2) is 23.0 Å². The van der Waals surface area contributed by atoms with Gasteiger partial charge in [0.05, 0.1) is 18.1 Å². The Labute approximate surface area is 196 Å². The molecule has 34 heavy (non-hydrogen) atoms. The minimum atomic E-state index is -3.85.